The van der Waals surface area contributed by atoms with E-state index in [1.54, 1.807) is 24.5 Å². The molecule has 0 saturated carbocycles. The average molecular weight is 320 g/mol. The van der Waals surface area contributed by atoms with Crippen LogP contribution in [0.5, 0.6) is 0 Å². The molecule has 4 nitrogen and oxygen atoms in total. The third-order valence-corrected chi connectivity index (χ3v) is 4.28. The summed E-state index contributed by atoms with van der Waals surface area (Å²) in [4.78, 5) is 30.7. The Bertz CT molecular complexity index is 726. The lowest BCUT2D eigenvalue weighted by Crippen LogP contribution is -2.35. The maximum Gasteiger partial charge on any atom is 0.246 e. The van der Waals surface area contributed by atoms with Crippen molar-refractivity contribution in [3.05, 3.63) is 72.1 Å². The molecule has 1 saturated heterocycles. The van der Waals surface area contributed by atoms with Crippen molar-refractivity contribution in [3.8, 4) is 0 Å². The smallest absolute Gasteiger partial charge is 0.246 e. The summed E-state index contributed by atoms with van der Waals surface area (Å²) in [6, 6.07) is 13.0. The highest BCUT2D eigenvalue weighted by Gasteiger charge is 2.29. The first kappa shape index (κ1) is 16.1. The molecular formula is C20H20N2O2. The highest BCUT2D eigenvalue weighted by molar-refractivity contribution is 5.97. The monoisotopic (exact) mass is 320 g/mol. The number of carbonyl (C=O) groups excluding carboxylic acids is 2. The molecule has 1 aliphatic heterocycles. The Morgan fingerprint density at radius 3 is 2.75 bits per heavy atom. The van der Waals surface area contributed by atoms with Crippen LogP contribution in [-0.2, 0) is 4.79 Å². The minimum absolute atomic E-state index is 0.0104. The minimum Gasteiger partial charge on any atom is -0.336 e. The fourth-order valence-corrected chi connectivity index (χ4v) is 3.03. The van der Waals surface area contributed by atoms with Crippen LogP contribution in [0.4, 0.5) is 0 Å². The maximum absolute atomic E-state index is 12.5. The van der Waals surface area contributed by atoms with E-state index in [0.717, 1.165) is 18.4 Å². The average Bonchev–Trinajstić information content (AvgIpc) is 3.09. The Kier molecular flexibility index (Phi) is 5.16. The quantitative estimate of drug-likeness (QED) is 0.627. The molecule has 1 aliphatic rings. The topological polar surface area (TPSA) is 50.3 Å². The Balaban J connectivity index is 1.63. The number of benzene rings is 1. The van der Waals surface area contributed by atoms with Crippen LogP contribution in [-0.4, -0.2) is 34.2 Å². The van der Waals surface area contributed by atoms with E-state index in [1.165, 1.54) is 0 Å². The summed E-state index contributed by atoms with van der Waals surface area (Å²) < 4.78 is 0. The Labute approximate surface area is 141 Å². The number of pyridine rings is 1. The van der Waals surface area contributed by atoms with Gasteiger partial charge >= 0.3 is 0 Å². The Morgan fingerprint density at radius 2 is 2.00 bits per heavy atom. The predicted molar refractivity (Wildman–Crippen MR) is 93.4 cm³/mol. The zero-order chi connectivity index (χ0) is 16.8. The summed E-state index contributed by atoms with van der Waals surface area (Å²) in [5.74, 6) is 0.0544. The van der Waals surface area contributed by atoms with E-state index in [-0.39, 0.29) is 17.7 Å². The lowest BCUT2D eigenvalue weighted by Gasteiger charge is -2.23. The molecule has 0 bridgehead atoms. The van der Waals surface area contributed by atoms with Gasteiger partial charge in [-0.1, -0.05) is 36.4 Å². The van der Waals surface area contributed by atoms with Crippen molar-refractivity contribution in [3.63, 3.8) is 0 Å². The molecule has 0 aliphatic carbocycles. The number of hydrogen-bond acceptors (Lipinski definition) is 3. The summed E-state index contributed by atoms with van der Waals surface area (Å²) in [5.41, 5.74) is 1.60. The highest BCUT2D eigenvalue weighted by Crippen LogP contribution is 2.22. The number of carbonyl (C=O) groups is 2. The molecule has 1 fully saturated rings. The van der Waals surface area contributed by atoms with Crippen molar-refractivity contribution in [2.24, 2.45) is 0 Å². The number of ketones is 1. The van der Waals surface area contributed by atoms with Crippen molar-refractivity contribution in [1.29, 1.82) is 0 Å². The molecule has 0 N–H and O–H groups in total. The normalized spacial score (nSPS) is 17.3. The van der Waals surface area contributed by atoms with Crippen LogP contribution in [0.15, 0.2) is 60.9 Å². The van der Waals surface area contributed by atoms with Crippen molar-refractivity contribution in [1.82, 2.24) is 9.88 Å². The molecule has 1 unspecified atom stereocenters. The van der Waals surface area contributed by atoms with E-state index in [9.17, 15) is 9.59 Å². The summed E-state index contributed by atoms with van der Waals surface area (Å²) in [6.07, 6.45) is 8.96. The van der Waals surface area contributed by atoms with E-state index >= 15 is 0 Å². The van der Waals surface area contributed by atoms with Gasteiger partial charge in [-0.3, -0.25) is 14.6 Å². The third kappa shape index (κ3) is 3.96. The summed E-state index contributed by atoms with van der Waals surface area (Å²) in [6.45, 7) is 0.711. The first-order valence-electron chi connectivity index (χ1n) is 8.21. The van der Waals surface area contributed by atoms with E-state index in [4.69, 9.17) is 0 Å². The first-order chi connectivity index (χ1) is 11.7. The lowest BCUT2D eigenvalue weighted by atomic mass is 10.0. The number of aromatic nitrogens is 1. The van der Waals surface area contributed by atoms with Gasteiger partial charge in [-0.05, 0) is 30.5 Å². The number of Topliss-reactive ketones (excluding diaryl/α,β-unsaturated/α-hetero) is 1. The van der Waals surface area contributed by atoms with Gasteiger partial charge < -0.3 is 4.90 Å². The molecule has 2 heterocycles. The maximum atomic E-state index is 12.5. The standard InChI is InChI=1S/C20H20N2O2/c23-19(17-7-2-1-3-8-17)14-18-9-5-13-22(18)20(24)11-10-16-6-4-12-21-15-16/h1-4,6-8,10-12,15,18H,5,9,13-14H2/b11-10+. The predicted octanol–water partition coefficient (Wildman–Crippen LogP) is 3.36. The van der Waals surface area contributed by atoms with Gasteiger partial charge in [-0.15, -0.1) is 0 Å². The van der Waals surface area contributed by atoms with Crippen LogP contribution in [0.1, 0.15) is 35.2 Å². The van der Waals surface area contributed by atoms with Crippen molar-refractivity contribution in [2.45, 2.75) is 25.3 Å². The SMILES string of the molecule is O=C(CC1CCCN1C(=O)/C=C/c1cccnc1)c1ccccc1. The van der Waals surface area contributed by atoms with E-state index < -0.39 is 0 Å². The molecule has 1 aromatic carbocycles. The van der Waals surface area contributed by atoms with Crippen LogP contribution >= 0.6 is 0 Å². The molecule has 0 radical (unpaired) electrons. The number of likely N-dealkylation sites (tertiary alicyclic amines) is 1. The van der Waals surface area contributed by atoms with E-state index in [0.29, 0.717) is 18.5 Å². The van der Waals surface area contributed by atoms with Gasteiger partial charge in [0.2, 0.25) is 5.91 Å². The second-order valence-electron chi connectivity index (χ2n) is 5.94. The second kappa shape index (κ2) is 7.68. The number of hydrogen-bond donors (Lipinski definition) is 0. The van der Waals surface area contributed by atoms with Crippen LogP contribution in [0, 0.1) is 0 Å². The van der Waals surface area contributed by atoms with Crippen LogP contribution in [0.25, 0.3) is 6.08 Å². The largest absolute Gasteiger partial charge is 0.336 e. The summed E-state index contributed by atoms with van der Waals surface area (Å²) in [5, 5.41) is 0. The van der Waals surface area contributed by atoms with Gasteiger partial charge in [0.25, 0.3) is 0 Å². The lowest BCUT2D eigenvalue weighted by molar-refractivity contribution is -0.126. The summed E-state index contributed by atoms with van der Waals surface area (Å²) in [7, 11) is 0. The number of rotatable bonds is 5. The van der Waals surface area contributed by atoms with Gasteiger partial charge in [0.1, 0.15) is 0 Å². The first-order valence-corrected chi connectivity index (χ1v) is 8.21. The number of nitrogens with zero attached hydrogens (tertiary/aromatic N) is 2. The van der Waals surface area contributed by atoms with Gasteiger partial charge in [0.15, 0.2) is 5.78 Å². The fourth-order valence-electron chi connectivity index (χ4n) is 3.03. The zero-order valence-electron chi connectivity index (χ0n) is 13.5. The van der Waals surface area contributed by atoms with Crippen LogP contribution < -0.4 is 0 Å². The van der Waals surface area contributed by atoms with Crippen molar-refractivity contribution >= 4 is 17.8 Å². The molecule has 24 heavy (non-hydrogen) atoms. The van der Waals surface area contributed by atoms with Gasteiger partial charge in [0, 0.05) is 43.0 Å². The van der Waals surface area contributed by atoms with Crippen LogP contribution in [0.3, 0.4) is 0 Å². The van der Waals surface area contributed by atoms with E-state index in [1.807, 2.05) is 47.4 Å². The second-order valence-corrected chi connectivity index (χ2v) is 5.94. The van der Waals surface area contributed by atoms with Gasteiger partial charge in [0.05, 0.1) is 0 Å². The van der Waals surface area contributed by atoms with Gasteiger partial charge in [-0.2, -0.15) is 0 Å². The summed E-state index contributed by atoms with van der Waals surface area (Å²) >= 11 is 0. The zero-order valence-corrected chi connectivity index (χ0v) is 13.5. The third-order valence-electron chi connectivity index (χ3n) is 4.28. The number of amides is 1. The Morgan fingerprint density at radius 1 is 1.17 bits per heavy atom. The molecule has 4 heteroatoms. The van der Waals surface area contributed by atoms with Crippen molar-refractivity contribution < 1.29 is 9.59 Å². The molecule has 1 amide bonds. The minimum atomic E-state index is -0.0396. The fraction of sp³-hybridized carbons (Fsp3) is 0.250. The molecular weight excluding hydrogens is 300 g/mol. The van der Waals surface area contributed by atoms with E-state index in [2.05, 4.69) is 4.98 Å². The molecule has 3 rings (SSSR count). The van der Waals surface area contributed by atoms with Gasteiger partial charge in [-0.25, -0.2) is 0 Å². The van der Waals surface area contributed by atoms with Crippen LogP contribution in [0.2, 0.25) is 0 Å². The molecule has 1 atom stereocenters. The molecule has 1 aromatic heterocycles. The van der Waals surface area contributed by atoms with Crippen molar-refractivity contribution in [2.75, 3.05) is 6.54 Å². The Hall–Kier alpha value is -2.75. The highest BCUT2D eigenvalue weighted by atomic mass is 16.2. The molecule has 0 spiro atoms. The molecule has 122 valence electrons. The molecule has 2 aromatic rings.